The van der Waals surface area contributed by atoms with Crippen LogP contribution in [0.3, 0.4) is 0 Å². The molecule has 0 bridgehead atoms. The average molecular weight is 253 g/mol. The summed E-state index contributed by atoms with van der Waals surface area (Å²) in [7, 11) is 1.64. The lowest BCUT2D eigenvalue weighted by molar-refractivity contribution is 0.410. The van der Waals surface area contributed by atoms with E-state index in [1.807, 2.05) is 30.3 Å². The molecule has 19 heavy (non-hydrogen) atoms. The van der Waals surface area contributed by atoms with E-state index in [1.165, 1.54) is 0 Å². The zero-order valence-corrected chi connectivity index (χ0v) is 10.7. The second kappa shape index (κ2) is 5.78. The van der Waals surface area contributed by atoms with E-state index in [0.717, 1.165) is 17.0 Å². The Kier molecular flexibility index (Phi) is 3.89. The van der Waals surface area contributed by atoms with Gasteiger partial charge in [-0.1, -0.05) is 18.2 Å². The molecule has 0 unspecified atom stereocenters. The van der Waals surface area contributed by atoms with Crippen molar-refractivity contribution >= 4 is 11.4 Å². The number of nitrogens with one attached hydrogen (secondary N) is 1. The van der Waals surface area contributed by atoms with Gasteiger partial charge < -0.3 is 15.8 Å². The predicted molar refractivity (Wildman–Crippen MR) is 75.9 cm³/mol. The van der Waals surface area contributed by atoms with Gasteiger partial charge in [0.15, 0.2) is 0 Å². The fraction of sp³-hybridized carbons (Fsp3) is 0.133. The molecule has 0 aromatic heterocycles. The summed E-state index contributed by atoms with van der Waals surface area (Å²) in [5.74, 6) is 0.823. The number of nitrogen functional groups attached to an aromatic ring is 1. The van der Waals surface area contributed by atoms with E-state index < -0.39 is 0 Å². The van der Waals surface area contributed by atoms with Crippen LogP contribution in [0.5, 0.6) is 5.75 Å². The molecule has 0 atom stereocenters. The van der Waals surface area contributed by atoms with Gasteiger partial charge in [-0.2, -0.15) is 5.26 Å². The lowest BCUT2D eigenvalue weighted by Crippen LogP contribution is -2.03. The minimum Gasteiger partial charge on any atom is -0.496 e. The van der Waals surface area contributed by atoms with Gasteiger partial charge in [0, 0.05) is 17.8 Å². The zero-order chi connectivity index (χ0) is 13.7. The maximum absolute atomic E-state index is 9.07. The van der Waals surface area contributed by atoms with E-state index in [0.29, 0.717) is 17.8 Å². The van der Waals surface area contributed by atoms with Crippen molar-refractivity contribution in [2.75, 3.05) is 18.2 Å². The molecule has 2 rings (SSSR count). The monoisotopic (exact) mass is 253 g/mol. The van der Waals surface area contributed by atoms with E-state index in [-0.39, 0.29) is 0 Å². The molecule has 3 N–H and O–H groups in total. The predicted octanol–water partition coefficient (Wildman–Crippen LogP) is 2.76. The molecule has 2 aromatic rings. The summed E-state index contributed by atoms with van der Waals surface area (Å²) in [6, 6.07) is 15.1. The Hall–Kier alpha value is -2.67. The zero-order valence-electron chi connectivity index (χ0n) is 10.7. The first kappa shape index (κ1) is 12.8. The van der Waals surface area contributed by atoms with Crippen molar-refractivity contribution in [3.05, 3.63) is 53.6 Å². The second-order valence-electron chi connectivity index (χ2n) is 4.08. The van der Waals surface area contributed by atoms with E-state index in [4.69, 9.17) is 15.7 Å². The average Bonchev–Trinajstić information content (AvgIpc) is 2.46. The van der Waals surface area contributed by atoms with Crippen molar-refractivity contribution in [1.82, 2.24) is 0 Å². The Labute approximate surface area is 112 Å². The standard InChI is InChI=1S/C15H15N3O/c1-19-15-5-3-2-4-11(15)10-18-14-7-6-13(17)8-12(14)9-16/h2-8,18H,10,17H2,1H3. The smallest absolute Gasteiger partial charge is 0.123 e. The highest BCUT2D eigenvalue weighted by Crippen LogP contribution is 2.22. The number of methoxy groups -OCH3 is 1. The van der Waals surface area contributed by atoms with E-state index in [9.17, 15) is 0 Å². The Balaban J connectivity index is 2.17. The van der Waals surface area contributed by atoms with Crippen LogP contribution in [0, 0.1) is 11.3 Å². The van der Waals surface area contributed by atoms with Gasteiger partial charge in [0.2, 0.25) is 0 Å². The maximum Gasteiger partial charge on any atom is 0.123 e. The van der Waals surface area contributed by atoms with Crippen LogP contribution in [-0.2, 0) is 6.54 Å². The summed E-state index contributed by atoms with van der Waals surface area (Å²) in [5.41, 5.74) is 8.58. The first-order valence-corrected chi connectivity index (χ1v) is 5.90. The third kappa shape index (κ3) is 2.96. The van der Waals surface area contributed by atoms with Gasteiger partial charge >= 0.3 is 0 Å². The largest absolute Gasteiger partial charge is 0.496 e. The van der Waals surface area contributed by atoms with Crippen LogP contribution in [-0.4, -0.2) is 7.11 Å². The summed E-state index contributed by atoms with van der Waals surface area (Å²) >= 11 is 0. The summed E-state index contributed by atoms with van der Waals surface area (Å²) in [6.45, 7) is 0.586. The van der Waals surface area contributed by atoms with Gasteiger partial charge in [-0.15, -0.1) is 0 Å². The fourth-order valence-corrected chi connectivity index (χ4v) is 1.85. The molecule has 4 heteroatoms. The molecule has 0 saturated carbocycles. The highest BCUT2D eigenvalue weighted by Gasteiger charge is 2.05. The van der Waals surface area contributed by atoms with E-state index >= 15 is 0 Å². The normalized spacial score (nSPS) is 9.68. The Morgan fingerprint density at radius 1 is 1.26 bits per heavy atom. The Morgan fingerprint density at radius 3 is 2.79 bits per heavy atom. The third-order valence-electron chi connectivity index (χ3n) is 2.83. The molecule has 0 saturated heterocycles. The number of anilines is 2. The molecular formula is C15H15N3O. The Bertz CT molecular complexity index is 617. The number of nitriles is 1. The van der Waals surface area contributed by atoms with Crippen LogP contribution in [0.2, 0.25) is 0 Å². The highest BCUT2D eigenvalue weighted by molar-refractivity contribution is 5.63. The molecule has 0 fully saturated rings. The van der Waals surface area contributed by atoms with Crippen molar-refractivity contribution in [3.63, 3.8) is 0 Å². The molecule has 0 aliphatic rings. The summed E-state index contributed by atoms with van der Waals surface area (Å²) in [6.07, 6.45) is 0. The van der Waals surface area contributed by atoms with Crippen molar-refractivity contribution in [1.29, 1.82) is 5.26 Å². The highest BCUT2D eigenvalue weighted by atomic mass is 16.5. The van der Waals surface area contributed by atoms with Gasteiger partial charge in [0.1, 0.15) is 11.8 Å². The number of rotatable bonds is 4. The Morgan fingerprint density at radius 2 is 2.05 bits per heavy atom. The van der Waals surface area contributed by atoms with E-state index in [2.05, 4.69) is 11.4 Å². The van der Waals surface area contributed by atoms with Gasteiger partial charge in [-0.05, 0) is 24.3 Å². The molecule has 0 aliphatic carbocycles. The first-order valence-electron chi connectivity index (χ1n) is 5.90. The molecule has 0 amide bonds. The number of hydrogen-bond acceptors (Lipinski definition) is 4. The number of nitrogens with two attached hydrogens (primary N) is 1. The molecule has 0 heterocycles. The third-order valence-corrected chi connectivity index (χ3v) is 2.83. The quantitative estimate of drug-likeness (QED) is 0.822. The minimum absolute atomic E-state index is 0.537. The first-order chi connectivity index (χ1) is 9.24. The number of nitrogens with zero attached hydrogens (tertiary/aromatic N) is 1. The fourth-order valence-electron chi connectivity index (χ4n) is 1.85. The number of para-hydroxylation sites is 1. The molecule has 0 spiro atoms. The van der Waals surface area contributed by atoms with Crippen LogP contribution in [0.1, 0.15) is 11.1 Å². The minimum atomic E-state index is 0.537. The SMILES string of the molecule is COc1ccccc1CNc1ccc(N)cc1C#N. The van der Waals surface area contributed by atoms with Crippen molar-refractivity contribution < 1.29 is 4.74 Å². The summed E-state index contributed by atoms with van der Waals surface area (Å²) < 4.78 is 5.28. The lowest BCUT2D eigenvalue weighted by Gasteiger charge is -2.11. The number of ether oxygens (including phenoxy) is 1. The van der Waals surface area contributed by atoms with Gasteiger partial charge in [-0.25, -0.2) is 0 Å². The van der Waals surface area contributed by atoms with Crippen LogP contribution in [0.15, 0.2) is 42.5 Å². The van der Waals surface area contributed by atoms with Crippen LogP contribution in [0.25, 0.3) is 0 Å². The topological polar surface area (TPSA) is 71.1 Å². The molecule has 0 radical (unpaired) electrons. The molecule has 2 aromatic carbocycles. The summed E-state index contributed by atoms with van der Waals surface area (Å²) in [5, 5.41) is 12.3. The van der Waals surface area contributed by atoms with Gasteiger partial charge in [-0.3, -0.25) is 0 Å². The maximum atomic E-state index is 9.07. The summed E-state index contributed by atoms with van der Waals surface area (Å²) in [4.78, 5) is 0. The van der Waals surface area contributed by atoms with Crippen LogP contribution < -0.4 is 15.8 Å². The van der Waals surface area contributed by atoms with Gasteiger partial charge in [0.05, 0.1) is 18.4 Å². The molecular weight excluding hydrogens is 238 g/mol. The lowest BCUT2D eigenvalue weighted by atomic mass is 10.1. The van der Waals surface area contributed by atoms with Gasteiger partial charge in [0.25, 0.3) is 0 Å². The van der Waals surface area contributed by atoms with Crippen molar-refractivity contribution in [2.24, 2.45) is 0 Å². The van der Waals surface area contributed by atoms with E-state index in [1.54, 1.807) is 19.2 Å². The molecule has 0 aliphatic heterocycles. The second-order valence-corrected chi connectivity index (χ2v) is 4.08. The molecule has 4 nitrogen and oxygen atoms in total. The number of hydrogen-bond donors (Lipinski definition) is 2. The van der Waals surface area contributed by atoms with Crippen LogP contribution >= 0.6 is 0 Å². The van der Waals surface area contributed by atoms with Crippen molar-refractivity contribution in [3.8, 4) is 11.8 Å². The number of benzene rings is 2. The van der Waals surface area contributed by atoms with Crippen molar-refractivity contribution in [2.45, 2.75) is 6.54 Å². The van der Waals surface area contributed by atoms with Crippen LogP contribution in [0.4, 0.5) is 11.4 Å². The molecule has 96 valence electrons.